The zero-order valence-corrected chi connectivity index (χ0v) is 15.1. The molecule has 2 rings (SSSR count). The summed E-state index contributed by atoms with van der Waals surface area (Å²) < 4.78 is 32.7. The number of hydrogen-bond acceptors (Lipinski definition) is 5. The van der Waals surface area contributed by atoms with Gasteiger partial charge in [-0.1, -0.05) is 6.07 Å². The molecule has 0 aliphatic carbocycles. The number of carbonyl (C=O) groups is 1. The fourth-order valence-electron chi connectivity index (χ4n) is 2.09. The van der Waals surface area contributed by atoms with Gasteiger partial charge in [-0.15, -0.1) is 0 Å². The molecular formula is C17H21N3O4S. The zero-order valence-electron chi connectivity index (χ0n) is 14.3. The quantitative estimate of drug-likeness (QED) is 0.736. The van der Waals surface area contributed by atoms with Crippen LogP contribution in [0.4, 0.5) is 5.69 Å². The maximum absolute atomic E-state index is 12.5. The number of hydrazine groups is 1. The molecule has 0 aliphatic rings. The minimum Gasteiger partial charge on any atom is -0.494 e. The lowest BCUT2D eigenvalue weighted by Gasteiger charge is -2.13. The first kappa shape index (κ1) is 18.8. The molecule has 0 fully saturated rings. The first-order valence-corrected chi connectivity index (χ1v) is 9.14. The van der Waals surface area contributed by atoms with Gasteiger partial charge in [0.05, 0.1) is 11.5 Å². The number of hydrogen-bond donors (Lipinski definition) is 2. The standard InChI is InChI=1S/C17H21N3O4S/c1-4-24-15-8-10-16(11-9-15)25(22,23)19-14-7-5-6-13(12-14)17(21)18-20(2)3/h5-12,19H,4H2,1-3H3,(H,18,21). The zero-order chi connectivity index (χ0) is 18.4. The molecule has 0 saturated carbocycles. The second-order valence-electron chi connectivity index (χ2n) is 5.43. The van der Waals surface area contributed by atoms with Crippen molar-refractivity contribution in [1.82, 2.24) is 10.4 Å². The van der Waals surface area contributed by atoms with Gasteiger partial charge in [-0.25, -0.2) is 13.4 Å². The van der Waals surface area contributed by atoms with E-state index in [2.05, 4.69) is 10.1 Å². The van der Waals surface area contributed by atoms with Crippen molar-refractivity contribution in [3.8, 4) is 5.75 Å². The third-order valence-electron chi connectivity index (χ3n) is 3.15. The Labute approximate surface area is 147 Å². The number of amides is 1. The van der Waals surface area contributed by atoms with E-state index in [1.807, 2.05) is 6.92 Å². The van der Waals surface area contributed by atoms with Crippen molar-refractivity contribution in [2.45, 2.75) is 11.8 Å². The van der Waals surface area contributed by atoms with Gasteiger partial charge < -0.3 is 4.74 Å². The van der Waals surface area contributed by atoms with Crippen LogP contribution in [0, 0.1) is 0 Å². The highest BCUT2D eigenvalue weighted by Gasteiger charge is 2.15. The summed E-state index contributed by atoms with van der Waals surface area (Å²) in [6, 6.07) is 12.4. The topological polar surface area (TPSA) is 87.7 Å². The molecule has 0 heterocycles. The van der Waals surface area contributed by atoms with Crippen LogP contribution < -0.4 is 14.9 Å². The number of benzene rings is 2. The predicted molar refractivity (Wildman–Crippen MR) is 96.0 cm³/mol. The second kappa shape index (κ2) is 8.00. The van der Waals surface area contributed by atoms with Crippen LogP contribution >= 0.6 is 0 Å². The molecule has 0 radical (unpaired) electrons. The summed E-state index contributed by atoms with van der Waals surface area (Å²) in [7, 11) is -0.377. The van der Waals surface area contributed by atoms with Gasteiger partial charge in [0.15, 0.2) is 0 Å². The SMILES string of the molecule is CCOc1ccc(S(=O)(=O)Nc2cccc(C(=O)NN(C)C)c2)cc1. The predicted octanol–water partition coefficient (Wildman–Crippen LogP) is 2.09. The number of anilines is 1. The highest BCUT2D eigenvalue weighted by Crippen LogP contribution is 2.20. The lowest BCUT2D eigenvalue weighted by molar-refractivity contribution is 0.0857. The van der Waals surface area contributed by atoms with Gasteiger partial charge in [0.25, 0.3) is 15.9 Å². The second-order valence-corrected chi connectivity index (χ2v) is 7.11. The van der Waals surface area contributed by atoms with Crippen molar-refractivity contribution in [3.63, 3.8) is 0 Å². The molecule has 0 aromatic heterocycles. The van der Waals surface area contributed by atoms with Gasteiger partial charge in [-0.3, -0.25) is 14.9 Å². The minimum atomic E-state index is -3.76. The van der Waals surface area contributed by atoms with Gasteiger partial charge in [0, 0.05) is 25.3 Å². The molecule has 25 heavy (non-hydrogen) atoms. The van der Waals surface area contributed by atoms with Gasteiger partial charge in [0.2, 0.25) is 0 Å². The molecule has 0 unspecified atom stereocenters. The number of nitrogens with one attached hydrogen (secondary N) is 2. The smallest absolute Gasteiger partial charge is 0.265 e. The Bertz CT molecular complexity index is 833. The number of carbonyl (C=O) groups excluding carboxylic acids is 1. The van der Waals surface area contributed by atoms with Crippen molar-refractivity contribution >= 4 is 21.6 Å². The van der Waals surface area contributed by atoms with Crippen molar-refractivity contribution in [2.24, 2.45) is 0 Å². The van der Waals surface area contributed by atoms with Crippen molar-refractivity contribution < 1.29 is 17.9 Å². The number of ether oxygens (including phenoxy) is 1. The third-order valence-corrected chi connectivity index (χ3v) is 4.54. The van der Waals surface area contributed by atoms with E-state index in [0.29, 0.717) is 23.6 Å². The van der Waals surface area contributed by atoms with E-state index >= 15 is 0 Å². The summed E-state index contributed by atoms with van der Waals surface area (Å²) in [6.07, 6.45) is 0. The molecule has 2 aromatic rings. The fourth-order valence-corrected chi connectivity index (χ4v) is 3.14. The van der Waals surface area contributed by atoms with Gasteiger partial charge in [0.1, 0.15) is 5.75 Å². The first-order valence-electron chi connectivity index (χ1n) is 7.66. The highest BCUT2D eigenvalue weighted by atomic mass is 32.2. The molecule has 134 valence electrons. The van der Waals surface area contributed by atoms with E-state index in [4.69, 9.17) is 4.74 Å². The van der Waals surface area contributed by atoms with Gasteiger partial charge in [-0.05, 0) is 49.4 Å². The molecule has 1 amide bonds. The maximum atomic E-state index is 12.5. The molecule has 2 N–H and O–H groups in total. The summed E-state index contributed by atoms with van der Waals surface area (Å²) in [6.45, 7) is 2.36. The Kier molecular flexibility index (Phi) is 6.00. The molecular weight excluding hydrogens is 342 g/mol. The average Bonchev–Trinajstić information content (AvgIpc) is 2.55. The summed E-state index contributed by atoms with van der Waals surface area (Å²) in [5.74, 6) is 0.274. The Balaban J connectivity index is 2.18. The molecule has 8 heteroatoms. The van der Waals surface area contributed by atoms with Crippen LogP contribution in [0.2, 0.25) is 0 Å². The Morgan fingerprint density at radius 3 is 2.40 bits per heavy atom. The largest absolute Gasteiger partial charge is 0.494 e. The highest BCUT2D eigenvalue weighted by molar-refractivity contribution is 7.92. The van der Waals surface area contributed by atoms with Crippen LogP contribution in [0.25, 0.3) is 0 Å². The molecule has 0 bridgehead atoms. The van der Waals surface area contributed by atoms with E-state index < -0.39 is 10.0 Å². The number of sulfonamides is 1. The number of nitrogens with zero attached hydrogens (tertiary/aromatic N) is 1. The van der Waals surface area contributed by atoms with E-state index in [0.717, 1.165) is 0 Å². The lowest BCUT2D eigenvalue weighted by atomic mass is 10.2. The summed E-state index contributed by atoms with van der Waals surface area (Å²) >= 11 is 0. The van der Waals surface area contributed by atoms with Gasteiger partial charge >= 0.3 is 0 Å². The van der Waals surface area contributed by atoms with Gasteiger partial charge in [-0.2, -0.15) is 0 Å². The van der Waals surface area contributed by atoms with E-state index in [1.54, 1.807) is 44.4 Å². The van der Waals surface area contributed by atoms with E-state index in [-0.39, 0.29) is 10.8 Å². The summed E-state index contributed by atoms with van der Waals surface area (Å²) in [5.41, 5.74) is 3.26. The Morgan fingerprint density at radius 1 is 1.12 bits per heavy atom. The van der Waals surface area contributed by atoms with E-state index in [1.165, 1.54) is 23.2 Å². The van der Waals surface area contributed by atoms with E-state index in [9.17, 15) is 13.2 Å². The monoisotopic (exact) mass is 363 g/mol. The van der Waals surface area contributed by atoms with Crippen LogP contribution in [0.3, 0.4) is 0 Å². The Hall–Kier alpha value is -2.58. The summed E-state index contributed by atoms with van der Waals surface area (Å²) in [5, 5.41) is 1.51. The normalized spacial score (nSPS) is 11.2. The Morgan fingerprint density at radius 2 is 1.80 bits per heavy atom. The van der Waals surface area contributed by atoms with Crippen molar-refractivity contribution in [1.29, 1.82) is 0 Å². The maximum Gasteiger partial charge on any atom is 0.265 e. The lowest BCUT2D eigenvalue weighted by Crippen LogP contribution is -2.36. The number of rotatable bonds is 7. The third kappa shape index (κ3) is 5.20. The van der Waals surface area contributed by atoms with Crippen LogP contribution in [-0.4, -0.2) is 40.0 Å². The first-order chi connectivity index (χ1) is 11.8. The molecule has 0 aliphatic heterocycles. The average molecular weight is 363 g/mol. The molecule has 0 spiro atoms. The van der Waals surface area contributed by atoms with Crippen LogP contribution in [0.5, 0.6) is 5.75 Å². The molecule has 0 saturated heterocycles. The van der Waals surface area contributed by atoms with Crippen molar-refractivity contribution in [3.05, 3.63) is 54.1 Å². The summed E-state index contributed by atoms with van der Waals surface area (Å²) in [4.78, 5) is 12.1. The van der Waals surface area contributed by atoms with Crippen LogP contribution in [0.1, 0.15) is 17.3 Å². The van der Waals surface area contributed by atoms with Crippen LogP contribution in [-0.2, 0) is 10.0 Å². The fraction of sp³-hybridized carbons (Fsp3) is 0.235. The minimum absolute atomic E-state index is 0.110. The van der Waals surface area contributed by atoms with Crippen molar-refractivity contribution in [2.75, 3.05) is 25.4 Å². The molecule has 7 nitrogen and oxygen atoms in total. The molecule has 2 aromatic carbocycles. The van der Waals surface area contributed by atoms with Crippen LogP contribution in [0.15, 0.2) is 53.4 Å². The molecule has 0 atom stereocenters.